The summed E-state index contributed by atoms with van der Waals surface area (Å²) >= 11 is 0. The van der Waals surface area contributed by atoms with Gasteiger partial charge in [-0.2, -0.15) is 0 Å². The summed E-state index contributed by atoms with van der Waals surface area (Å²) in [5.41, 5.74) is 4.15. The molecule has 0 N–H and O–H groups in total. The lowest BCUT2D eigenvalue weighted by molar-refractivity contribution is -0.133. The van der Waals surface area contributed by atoms with E-state index in [1.807, 2.05) is 0 Å². The monoisotopic (exact) mass is 706 g/mol. The number of hydrogen-bond donors (Lipinski definition) is 0. The molecular weight excluding hydrogens is 672 g/mol. The van der Waals surface area contributed by atoms with Gasteiger partial charge in [-0.1, -0.05) is 24.3 Å². The minimum absolute atomic E-state index is 0.146. The lowest BCUT2D eigenvalue weighted by atomic mass is 9.79. The van der Waals surface area contributed by atoms with Crippen molar-refractivity contribution < 1.29 is 57.2 Å². The molecule has 12 heteroatoms. The van der Waals surface area contributed by atoms with E-state index in [9.17, 15) is 28.8 Å². The first kappa shape index (κ1) is 35.5. The fourth-order valence-corrected chi connectivity index (χ4v) is 7.48. The van der Waals surface area contributed by atoms with Crippen LogP contribution < -0.4 is 28.4 Å². The summed E-state index contributed by atoms with van der Waals surface area (Å²) in [6.45, 7) is 7.65. The minimum atomic E-state index is -0.601. The second-order valence-corrected chi connectivity index (χ2v) is 12.6. The average Bonchev–Trinajstić information content (AvgIpc) is 3.54. The molecule has 0 unspecified atom stereocenters. The predicted molar refractivity (Wildman–Crippen MR) is 183 cm³/mol. The summed E-state index contributed by atoms with van der Waals surface area (Å²) in [6.07, 6.45) is 0. The Balaban J connectivity index is 1.68. The Labute approximate surface area is 298 Å². The van der Waals surface area contributed by atoms with Crippen molar-refractivity contribution in [3.05, 3.63) is 106 Å². The van der Waals surface area contributed by atoms with E-state index in [1.165, 1.54) is 53.7 Å². The molecule has 4 atom stereocenters. The number of hydrogen-bond acceptors (Lipinski definition) is 12. The average molecular weight is 707 g/mol. The van der Waals surface area contributed by atoms with Gasteiger partial charge in [0.1, 0.15) is 34.5 Å². The standard InChI is InChI=1S/C40H34O12/c1-19(41)47-27-11-7-25(8-12-27)35-37-31(15-29(49-21(3)43)17-33(37)51-23(5)45)40-36(26-9-13-28(14-10-26)48-20(2)42)38-32(39(35)40)16-30(50-22(4)44)18-34(38)52-24(6)46/h7-18,35-36,39-40H,1-6H3/t35-,36-,39+,40+/m1/s1. The molecule has 0 fully saturated rings. The van der Waals surface area contributed by atoms with E-state index in [1.54, 1.807) is 60.7 Å². The van der Waals surface area contributed by atoms with Gasteiger partial charge in [0.25, 0.3) is 0 Å². The summed E-state index contributed by atoms with van der Waals surface area (Å²) in [6, 6.07) is 20.3. The summed E-state index contributed by atoms with van der Waals surface area (Å²) in [4.78, 5) is 73.0. The Morgan fingerprint density at radius 2 is 0.673 bits per heavy atom. The van der Waals surface area contributed by atoms with E-state index >= 15 is 0 Å². The zero-order valence-corrected chi connectivity index (χ0v) is 29.1. The zero-order valence-electron chi connectivity index (χ0n) is 29.1. The van der Waals surface area contributed by atoms with Crippen LogP contribution in [0.5, 0.6) is 34.5 Å². The molecule has 0 saturated carbocycles. The molecule has 0 aromatic heterocycles. The molecule has 0 heterocycles. The highest BCUT2D eigenvalue weighted by atomic mass is 16.6. The Morgan fingerprint density at radius 3 is 0.962 bits per heavy atom. The maximum atomic E-state index is 12.6. The third-order valence-corrected chi connectivity index (χ3v) is 8.77. The summed E-state index contributed by atoms with van der Waals surface area (Å²) < 4.78 is 33.4. The van der Waals surface area contributed by atoms with E-state index in [0.717, 1.165) is 11.1 Å². The molecule has 52 heavy (non-hydrogen) atoms. The zero-order chi connectivity index (χ0) is 37.4. The molecule has 2 aliphatic carbocycles. The first-order valence-corrected chi connectivity index (χ1v) is 16.4. The van der Waals surface area contributed by atoms with Gasteiger partial charge < -0.3 is 28.4 Å². The lowest BCUT2D eigenvalue weighted by Gasteiger charge is -2.24. The van der Waals surface area contributed by atoms with Crippen molar-refractivity contribution in [1.29, 1.82) is 0 Å². The molecular formula is C40H34O12. The first-order valence-electron chi connectivity index (χ1n) is 16.4. The van der Waals surface area contributed by atoms with Gasteiger partial charge in [0.05, 0.1) is 0 Å². The molecule has 12 nitrogen and oxygen atoms in total. The van der Waals surface area contributed by atoms with Gasteiger partial charge in [0.15, 0.2) is 0 Å². The van der Waals surface area contributed by atoms with Crippen LogP contribution in [0.15, 0.2) is 72.8 Å². The number of ether oxygens (including phenoxy) is 6. The number of carbonyl (C=O) groups is 6. The quantitative estimate of drug-likeness (QED) is 0.147. The molecule has 266 valence electrons. The van der Waals surface area contributed by atoms with E-state index in [-0.39, 0.29) is 23.0 Å². The maximum absolute atomic E-state index is 12.6. The molecule has 0 radical (unpaired) electrons. The van der Waals surface area contributed by atoms with Crippen LogP contribution in [0.4, 0.5) is 0 Å². The second kappa shape index (κ2) is 14.1. The van der Waals surface area contributed by atoms with Crippen LogP contribution in [-0.4, -0.2) is 35.8 Å². The van der Waals surface area contributed by atoms with Crippen molar-refractivity contribution in [3.63, 3.8) is 0 Å². The van der Waals surface area contributed by atoms with Crippen molar-refractivity contribution in [1.82, 2.24) is 0 Å². The van der Waals surface area contributed by atoms with Gasteiger partial charge in [-0.15, -0.1) is 0 Å². The van der Waals surface area contributed by atoms with Crippen LogP contribution in [-0.2, 0) is 28.8 Å². The van der Waals surface area contributed by atoms with Crippen LogP contribution in [0.2, 0.25) is 0 Å². The van der Waals surface area contributed by atoms with Gasteiger partial charge in [-0.05, 0) is 58.7 Å². The predicted octanol–water partition coefficient (Wildman–Crippen LogP) is 6.40. The first-order chi connectivity index (χ1) is 24.7. The number of rotatable bonds is 8. The lowest BCUT2D eigenvalue weighted by Crippen LogP contribution is -2.12. The molecule has 4 aromatic carbocycles. The largest absolute Gasteiger partial charge is 0.427 e. The third-order valence-electron chi connectivity index (χ3n) is 8.77. The Bertz CT molecular complexity index is 1980. The SMILES string of the molecule is CC(=O)Oc1ccc([C@@H]2c3c(OC(C)=O)cc(OC(C)=O)cc3[C@H]3[C@H](c4ccc(OC(C)=O)cc4)c4c(OC(C)=O)cc(OC(C)=O)cc4[C@@H]23)cc1. The van der Waals surface area contributed by atoms with Crippen LogP contribution >= 0.6 is 0 Å². The summed E-state index contributed by atoms with van der Waals surface area (Å²) in [7, 11) is 0. The van der Waals surface area contributed by atoms with Gasteiger partial charge in [-0.25, -0.2) is 0 Å². The highest BCUT2D eigenvalue weighted by Gasteiger charge is 2.55. The number of fused-ring (bicyclic) bond motifs is 5. The smallest absolute Gasteiger partial charge is 0.308 e. The van der Waals surface area contributed by atoms with Gasteiger partial charge in [0.2, 0.25) is 0 Å². The Kier molecular flexibility index (Phi) is 9.66. The molecule has 0 aliphatic heterocycles. The van der Waals surface area contributed by atoms with E-state index in [0.29, 0.717) is 33.8 Å². The Morgan fingerprint density at radius 1 is 0.385 bits per heavy atom. The fourth-order valence-electron chi connectivity index (χ4n) is 7.48. The molecule has 0 saturated heterocycles. The van der Waals surface area contributed by atoms with Crippen molar-refractivity contribution in [3.8, 4) is 34.5 Å². The van der Waals surface area contributed by atoms with Gasteiger partial charge >= 0.3 is 35.8 Å². The minimum Gasteiger partial charge on any atom is -0.427 e. The molecule has 2 aliphatic rings. The van der Waals surface area contributed by atoms with E-state index in [4.69, 9.17) is 28.4 Å². The van der Waals surface area contributed by atoms with Crippen LogP contribution in [0, 0.1) is 0 Å². The number of carbonyl (C=O) groups excluding carboxylic acids is 6. The normalized spacial score (nSPS) is 17.9. The molecule has 4 aromatic rings. The highest BCUT2D eigenvalue weighted by molar-refractivity contribution is 5.78. The van der Waals surface area contributed by atoms with Crippen molar-refractivity contribution in [2.75, 3.05) is 0 Å². The summed E-state index contributed by atoms with van der Waals surface area (Å²) in [5, 5.41) is 0. The Hall–Kier alpha value is -6.30. The van der Waals surface area contributed by atoms with Crippen LogP contribution in [0.1, 0.15) is 98.6 Å². The number of esters is 6. The van der Waals surface area contributed by atoms with E-state index in [2.05, 4.69) is 0 Å². The van der Waals surface area contributed by atoms with Gasteiger partial charge in [0, 0.05) is 88.5 Å². The van der Waals surface area contributed by atoms with Crippen molar-refractivity contribution in [2.45, 2.75) is 65.2 Å². The topological polar surface area (TPSA) is 158 Å². The van der Waals surface area contributed by atoms with Crippen molar-refractivity contribution >= 4 is 35.8 Å². The third kappa shape index (κ3) is 7.13. The second-order valence-electron chi connectivity index (χ2n) is 12.6. The summed E-state index contributed by atoms with van der Waals surface area (Å²) in [5.74, 6) is -4.12. The van der Waals surface area contributed by atoms with Crippen molar-refractivity contribution in [2.24, 2.45) is 0 Å². The van der Waals surface area contributed by atoms with Gasteiger partial charge in [-0.3, -0.25) is 28.8 Å². The van der Waals surface area contributed by atoms with Crippen LogP contribution in [0.3, 0.4) is 0 Å². The maximum Gasteiger partial charge on any atom is 0.308 e. The molecule has 0 amide bonds. The highest BCUT2D eigenvalue weighted by Crippen LogP contribution is 2.69. The van der Waals surface area contributed by atoms with E-state index < -0.39 is 59.5 Å². The molecule has 0 spiro atoms. The number of benzene rings is 4. The molecule has 6 rings (SSSR count). The molecule has 0 bridgehead atoms. The van der Waals surface area contributed by atoms with Crippen LogP contribution in [0.25, 0.3) is 0 Å². The fraction of sp³-hybridized carbons (Fsp3) is 0.250.